The molecule has 0 aliphatic carbocycles. The highest BCUT2D eigenvalue weighted by molar-refractivity contribution is 5.91. The number of carbonyl (C=O) groups excluding carboxylic acids is 1. The van der Waals surface area contributed by atoms with Gasteiger partial charge < -0.3 is 5.32 Å². The van der Waals surface area contributed by atoms with Gasteiger partial charge in [-0.3, -0.25) is 9.78 Å². The van der Waals surface area contributed by atoms with Crippen molar-refractivity contribution in [3.8, 4) is 0 Å². The van der Waals surface area contributed by atoms with Crippen molar-refractivity contribution >= 4 is 5.91 Å². The number of aromatic nitrogens is 2. The first-order chi connectivity index (χ1) is 8.66. The lowest BCUT2D eigenvalue weighted by atomic mass is 10.2. The van der Waals surface area contributed by atoms with E-state index in [0.29, 0.717) is 0 Å². The Morgan fingerprint density at radius 1 is 1.28 bits per heavy atom. The lowest BCUT2D eigenvalue weighted by Crippen LogP contribution is -2.24. The van der Waals surface area contributed by atoms with Crippen molar-refractivity contribution in [2.45, 2.75) is 6.54 Å². The summed E-state index contributed by atoms with van der Waals surface area (Å²) in [6.07, 6.45) is 4.13. The van der Waals surface area contributed by atoms with Gasteiger partial charge >= 0.3 is 0 Å². The molecule has 0 radical (unpaired) electrons. The van der Waals surface area contributed by atoms with Gasteiger partial charge in [0.2, 0.25) is 0 Å². The largest absolute Gasteiger partial charge is 0.346 e. The van der Waals surface area contributed by atoms with Gasteiger partial charge in [0.05, 0.1) is 6.20 Å². The second-order valence-corrected chi connectivity index (χ2v) is 3.51. The molecule has 0 spiro atoms. The fourth-order valence-corrected chi connectivity index (χ4v) is 1.35. The Morgan fingerprint density at radius 3 is 2.78 bits per heavy atom. The van der Waals surface area contributed by atoms with Crippen molar-refractivity contribution in [2.75, 3.05) is 0 Å². The summed E-state index contributed by atoms with van der Waals surface area (Å²) in [7, 11) is 0. The first-order valence-electron chi connectivity index (χ1n) is 5.15. The number of benzene rings is 1. The highest BCUT2D eigenvalue weighted by atomic mass is 19.1. The van der Waals surface area contributed by atoms with Crippen LogP contribution >= 0.6 is 0 Å². The van der Waals surface area contributed by atoms with Crippen LogP contribution in [0.2, 0.25) is 0 Å². The van der Waals surface area contributed by atoms with Gasteiger partial charge in [0.15, 0.2) is 0 Å². The molecule has 0 atom stereocenters. The quantitative estimate of drug-likeness (QED) is 0.900. The van der Waals surface area contributed by atoms with Crippen molar-refractivity contribution < 1.29 is 13.6 Å². The van der Waals surface area contributed by atoms with E-state index in [1.165, 1.54) is 24.7 Å². The smallest absolute Gasteiger partial charge is 0.271 e. The number of carbonyl (C=O) groups is 1. The third kappa shape index (κ3) is 2.85. The van der Waals surface area contributed by atoms with Crippen LogP contribution in [0.1, 0.15) is 16.1 Å². The predicted molar refractivity (Wildman–Crippen MR) is 59.6 cm³/mol. The average Bonchev–Trinajstić information content (AvgIpc) is 2.38. The number of halogens is 2. The molecule has 2 rings (SSSR count). The van der Waals surface area contributed by atoms with Crippen molar-refractivity contribution in [3.05, 3.63) is 59.7 Å². The summed E-state index contributed by atoms with van der Waals surface area (Å²) in [5, 5.41) is 2.47. The summed E-state index contributed by atoms with van der Waals surface area (Å²) in [5.74, 6) is -1.82. The molecule has 0 saturated carbocycles. The minimum atomic E-state index is -0.700. The highest BCUT2D eigenvalue weighted by Gasteiger charge is 2.08. The van der Waals surface area contributed by atoms with Crippen LogP contribution in [0.4, 0.5) is 8.78 Å². The Balaban J connectivity index is 2.02. The molecule has 1 aromatic heterocycles. The SMILES string of the molecule is O=C(NCc1ccc(F)cc1F)c1cnccn1. The zero-order valence-electron chi connectivity index (χ0n) is 9.23. The summed E-state index contributed by atoms with van der Waals surface area (Å²) < 4.78 is 25.9. The molecular formula is C12H9F2N3O. The van der Waals surface area contributed by atoms with E-state index in [1.807, 2.05) is 0 Å². The molecule has 18 heavy (non-hydrogen) atoms. The zero-order valence-corrected chi connectivity index (χ0v) is 9.23. The van der Waals surface area contributed by atoms with E-state index in [1.54, 1.807) is 0 Å². The molecule has 1 aromatic carbocycles. The van der Waals surface area contributed by atoms with E-state index in [2.05, 4.69) is 15.3 Å². The molecule has 0 bridgehead atoms. The van der Waals surface area contributed by atoms with Crippen molar-refractivity contribution in [3.63, 3.8) is 0 Å². The van der Waals surface area contributed by atoms with Crippen LogP contribution in [0, 0.1) is 11.6 Å². The Hall–Kier alpha value is -2.37. The molecular weight excluding hydrogens is 240 g/mol. The molecule has 1 amide bonds. The number of hydrogen-bond acceptors (Lipinski definition) is 3. The van der Waals surface area contributed by atoms with Gasteiger partial charge in [-0.2, -0.15) is 0 Å². The Kier molecular flexibility index (Phi) is 3.57. The highest BCUT2D eigenvalue weighted by Crippen LogP contribution is 2.09. The third-order valence-corrected chi connectivity index (χ3v) is 2.25. The van der Waals surface area contributed by atoms with Crippen molar-refractivity contribution in [2.24, 2.45) is 0 Å². The van der Waals surface area contributed by atoms with Gasteiger partial charge in [-0.05, 0) is 6.07 Å². The first-order valence-corrected chi connectivity index (χ1v) is 5.15. The van der Waals surface area contributed by atoms with E-state index in [-0.39, 0.29) is 17.8 Å². The molecule has 0 unspecified atom stereocenters. The van der Waals surface area contributed by atoms with Crippen LogP contribution in [0.3, 0.4) is 0 Å². The number of rotatable bonds is 3. The van der Waals surface area contributed by atoms with Crippen LogP contribution in [0.5, 0.6) is 0 Å². The maximum absolute atomic E-state index is 13.3. The normalized spacial score (nSPS) is 10.1. The predicted octanol–water partition coefficient (Wildman–Crippen LogP) is 1.68. The molecule has 6 heteroatoms. The van der Waals surface area contributed by atoms with E-state index in [9.17, 15) is 13.6 Å². The Morgan fingerprint density at radius 2 is 2.11 bits per heavy atom. The molecule has 0 fully saturated rings. The summed E-state index contributed by atoms with van der Waals surface area (Å²) in [5.41, 5.74) is 0.341. The number of nitrogens with one attached hydrogen (secondary N) is 1. The molecule has 92 valence electrons. The number of amides is 1. The van der Waals surface area contributed by atoms with Gasteiger partial charge in [0, 0.05) is 30.6 Å². The number of nitrogens with zero attached hydrogens (tertiary/aromatic N) is 2. The topological polar surface area (TPSA) is 54.9 Å². The minimum absolute atomic E-state index is 0.0402. The van der Waals surface area contributed by atoms with E-state index in [4.69, 9.17) is 0 Å². The van der Waals surface area contributed by atoms with Crippen LogP contribution < -0.4 is 5.32 Å². The fourth-order valence-electron chi connectivity index (χ4n) is 1.35. The number of hydrogen-bond donors (Lipinski definition) is 1. The molecule has 1 heterocycles. The molecule has 0 saturated heterocycles. The molecule has 1 N–H and O–H groups in total. The van der Waals surface area contributed by atoms with Gasteiger partial charge in [0.25, 0.3) is 5.91 Å². The lowest BCUT2D eigenvalue weighted by molar-refractivity contribution is 0.0945. The average molecular weight is 249 g/mol. The maximum Gasteiger partial charge on any atom is 0.271 e. The summed E-state index contributed by atoms with van der Waals surface area (Å²) >= 11 is 0. The standard InChI is InChI=1S/C12H9F2N3O/c13-9-2-1-8(10(14)5-9)6-17-12(18)11-7-15-3-4-16-11/h1-5,7H,6H2,(H,17,18). The summed E-state index contributed by atoms with van der Waals surface area (Å²) in [6.45, 7) is -0.0402. The van der Waals surface area contributed by atoms with E-state index in [0.717, 1.165) is 12.1 Å². The second kappa shape index (κ2) is 5.31. The van der Waals surface area contributed by atoms with Gasteiger partial charge in [-0.25, -0.2) is 13.8 Å². The van der Waals surface area contributed by atoms with Gasteiger partial charge in [0.1, 0.15) is 17.3 Å². The second-order valence-electron chi connectivity index (χ2n) is 3.51. The molecule has 0 aliphatic rings. The summed E-state index contributed by atoms with van der Waals surface area (Å²) in [4.78, 5) is 19.1. The van der Waals surface area contributed by atoms with Crippen molar-refractivity contribution in [1.29, 1.82) is 0 Å². The van der Waals surface area contributed by atoms with Crippen molar-refractivity contribution in [1.82, 2.24) is 15.3 Å². The molecule has 2 aromatic rings. The van der Waals surface area contributed by atoms with E-state index < -0.39 is 17.5 Å². The monoisotopic (exact) mass is 249 g/mol. The van der Waals surface area contributed by atoms with Crippen LogP contribution in [-0.2, 0) is 6.54 Å². The lowest BCUT2D eigenvalue weighted by Gasteiger charge is -2.05. The van der Waals surface area contributed by atoms with Crippen LogP contribution in [-0.4, -0.2) is 15.9 Å². The first kappa shape index (κ1) is 12.1. The fraction of sp³-hybridized carbons (Fsp3) is 0.0833. The van der Waals surface area contributed by atoms with Gasteiger partial charge in [-0.1, -0.05) is 6.07 Å². The summed E-state index contributed by atoms with van der Waals surface area (Å²) in [6, 6.07) is 3.18. The van der Waals surface area contributed by atoms with Crippen LogP contribution in [0.25, 0.3) is 0 Å². The Labute approximate surface area is 102 Å². The Bertz CT molecular complexity index is 561. The van der Waals surface area contributed by atoms with E-state index >= 15 is 0 Å². The molecule has 0 aliphatic heterocycles. The minimum Gasteiger partial charge on any atom is -0.346 e. The zero-order chi connectivity index (χ0) is 13.0. The molecule has 4 nitrogen and oxygen atoms in total. The van der Waals surface area contributed by atoms with Gasteiger partial charge in [-0.15, -0.1) is 0 Å². The maximum atomic E-state index is 13.3. The van der Waals surface area contributed by atoms with Crippen LogP contribution in [0.15, 0.2) is 36.8 Å². The third-order valence-electron chi connectivity index (χ3n) is 2.25.